The van der Waals surface area contributed by atoms with Gasteiger partial charge in [-0.25, -0.2) is 0 Å². The highest BCUT2D eigenvalue weighted by Gasteiger charge is 2.24. The molecule has 0 bridgehead atoms. The Morgan fingerprint density at radius 1 is 0.371 bits per heavy atom. The van der Waals surface area contributed by atoms with Crippen molar-refractivity contribution in [3.63, 3.8) is 0 Å². The SMILES string of the molecule is CCCCCCCCCCCCCCN1C=CN(CCCCCCCCCCC)C1CCCCC. The number of rotatable bonds is 27. The van der Waals surface area contributed by atoms with E-state index in [0.29, 0.717) is 6.17 Å². The van der Waals surface area contributed by atoms with Crippen LogP contribution in [0.1, 0.15) is 181 Å². The molecule has 2 heteroatoms. The summed E-state index contributed by atoms with van der Waals surface area (Å²) in [5.74, 6) is 0. The third kappa shape index (κ3) is 18.3. The minimum atomic E-state index is 0.642. The minimum Gasteiger partial charge on any atom is -0.356 e. The molecular weight excluding hydrogens is 424 g/mol. The van der Waals surface area contributed by atoms with Gasteiger partial charge in [0, 0.05) is 25.5 Å². The molecule has 0 aliphatic carbocycles. The van der Waals surface area contributed by atoms with E-state index < -0.39 is 0 Å². The topological polar surface area (TPSA) is 6.48 Å². The molecule has 2 nitrogen and oxygen atoms in total. The highest BCUT2D eigenvalue weighted by molar-refractivity contribution is 4.97. The Morgan fingerprint density at radius 2 is 0.657 bits per heavy atom. The molecule has 0 aromatic rings. The summed E-state index contributed by atoms with van der Waals surface area (Å²) >= 11 is 0. The molecule has 0 fully saturated rings. The van der Waals surface area contributed by atoms with Crippen LogP contribution in [0.15, 0.2) is 12.4 Å². The second-order valence-corrected chi connectivity index (χ2v) is 11.5. The van der Waals surface area contributed by atoms with Crippen LogP contribution in [0.5, 0.6) is 0 Å². The molecule has 1 atom stereocenters. The van der Waals surface area contributed by atoms with Gasteiger partial charge in [0.1, 0.15) is 6.17 Å². The largest absolute Gasteiger partial charge is 0.356 e. The van der Waals surface area contributed by atoms with Crippen LogP contribution >= 0.6 is 0 Å². The van der Waals surface area contributed by atoms with Gasteiger partial charge in [-0.1, -0.05) is 156 Å². The predicted octanol–water partition coefficient (Wildman–Crippen LogP) is 11.2. The lowest BCUT2D eigenvalue weighted by Crippen LogP contribution is -2.39. The molecule has 35 heavy (non-hydrogen) atoms. The maximum absolute atomic E-state index is 2.68. The summed E-state index contributed by atoms with van der Waals surface area (Å²) in [5.41, 5.74) is 0. The van der Waals surface area contributed by atoms with Crippen molar-refractivity contribution in [3.8, 4) is 0 Å². The van der Waals surface area contributed by atoms with Crippen molar-refractivity contribution < 1.29 is 0 Å². The van der Waals surface area contributed by atoms with Gasteiger partial charge in [0.15, 0.2) is 0 Å². The summed E-state index contributed by atoms with van der Waals surface area (Å²) in [5, 5.41) is 0. The van der Waals surface area contributed by atoms with E-state index in [2.05, 4.69) is 43.0 Å². The first kappa shape index (κ1) is 32.4. The van der Waals surface area contributed by atoms with Crippen LogP contribution in [-0.4, -0.2) is 29.1 Å². The Labute approximate surface area is 222 Å². The van der Waals surface area contributed by atoms with Gasteiger partial charge in [-0.3, -0.25) is 0 Å². The van der Waals surface area contributed by atoms with Crippen molar-refractivity contribution in [2.24, 2.45) is 0 Å². The fourth-order valence-corrected chi connectivity index (χ4v) is 5.66. The molecule has 0 saturated carbocycles. The molecule has 1 unspecified atom stereocenters. The molecule has 1 heterocycles. The Balaban J connectivity index is 2.11. The quantitative estimate of drug-likeness (QED) is 0.106. The van der Waals surface area contributed by atoms with E-state index in [-0.39, 0.29) is 0 Å². The first-order valence-corrected chi connectivity index (χ1v) is 16.5. The summed E-state index contributed by atoms with van der Waals surface area (Å²) in [4.78, 5) is 5.36. The van der Waals surface area contributed by atoms with Crippen LogP contribution in [-0.2, 0) is 0 Å². The zero-order valence-corrected chi connectivity index (χ0v) is 24.7. The maximum Gasteiger partial charge on any atom is 0.101 e. The molecule has 1 aliphatic rings. The number of unbranched alkanes of at least 4 members (excludes halogenated alkanes) is 21. The van der Waals surface area contributed by atoms with E-state index in [1.807, 2.05) is 0 Å². The van der Waals surface area contributed by atoms with E-state index in [1.165, 1.54) is 174 Å². The fraction of sp³-hybridized carbons (Fsp3) is 0.939. The first-order valence-electron chi connectivity index (χ1n) is 16.5. The van der Waals surface area contributed by atoms with Gasteiger partial charge >= 0.3 is 0 Å². The van der Waals surface area contributed by atoms with E-state index in [0.717, 1.165) is 0 Å². The van der Waals surface area contributed by atoms with Gasteiger partial charge in [-0.15, -0.1) is 0 Å². The zero-order chi connectivity index (χ0) is 25.2. The number of hydrogen-bond acceptors (Lipinski definition) is 2. The standard InChI is InChI=1S/C33H66N2/c1-4-7-10-12-14-16-17-18-20-22-24-27-30-35-32-31-34(33(35)28-25-9-6-3)29-26-23-21-19-15-13-11-8-5-2/h31-33H,4-30H2,1-3H3. The van der Waals surface area contributed by atoms with Crippen LogP contribution in [0.2, 0.25) is 0 Å². The summed E-state index contributed by atoms with van der Waals surface area (Å²) in [6, 6.07) is 0. The Bertz CT molecular complexity index is 446. The molecule has 1 rings (SSSR count). The average molecular weight is 491 g/mol. The number of hydrogen-bond donors (Lipinski definition) is 0. The Hall–Kier alpha value is -0.660. The highest BCUT2D eigenvalue weighted by Crippen LogP contribution is 2.23. The van der Waals surface area contributed by atoms with E-state index in [1.54, 1.807) is 0 Å². The van der Waals surface area contributed by atoms with Gasteiger partial charge in [0.05, 0.1) is 0 Å². The van der Waals surface area contributed by atoms with E-state index in [4.69, 9.17) is 0 Å². The van der Waals surface area contributed by atoms with Crippen molar-refractivity contribution in [3.05, 3.63) is 12.4 Å². The predicted molar refractivity (Wildman–Crippen MR) is 159 cm³/mol. The Kier molecular flexibility index (Phi) is 23.1. The van der Waals surface area contributed by atoms with E-state index >= 15 is 0 Å². The smallest absolute Gasteiger partial charge is 0.101 e. The molecule has 0 radical (unpaired) electrons. The third-order valence-electron chi connectivity index (χ3n) is 8.07. The molecule has 1 aliphatic heterocycles. The van der Waals surface area contributed by atoms with Crippen molar-refractivity contribution in [2.75, 3.05) is 13.1 Å². The molecule has 0 aromatic heterocycles. The summed E-state index contributed by atoms with van der Waals surface area (Å²) in [6.07, 6.45) is 41.0. The van der Waals surface area contributed by atoms with Crippen LogP contribution in [0.3, 0.4) is 0 Å². The lowest BCUT2D eigenvalue weighted by Gasteiger charge is -2.33. The maximum atomic E-state index is 2.68. The monoisotopic (exact) mass is 491 g/mol. The van der Waals surface area contributed by atoms with Gasteiger partial charge in [0.2, 0.25) is 0 Å². The van der Waals surface area contributed by atoms with E-state index in [9.17, 15) is 0 Å². The molecule has 0 amide bonds. The van der Waals surface area contributed by atoms with Crippen LogP contribution in [0.25, 0.3) is 0 Å². The second kappa shape index (κ2) is 25.0. The van der Waals surface area contributed by atoms with Crippen LogP contribution < -0.4 is 0 Å². The lowest BCUT2D eigenvalue weighted by atomic mass is 10.1. The third-order valence-corrected chi connectivity index (χ3v) is 8.07. The first-order chi connectivity index (χ1) is 17.3. The zero-order valence-electron chi connectivity index (χ0n) is 24.7. The van der Waals surface area contributed by atoms with Crippen LogP contribution in [0, 0.1) is 0 Å². The van der Waals surface area contributed by atoms with Crippen molar-refractivity contribution in [2.45, 2.75) is 187 Å². The normalized spacial score (nSPS) is 15.6. The molecule has 0 saturated heterocycles. The number of nitrogens with zero attached hydrogens (tertiary/aromatic N) is 2. The molecule has 0 N–H and O–H groups in total. The van der Waals surface area contributed by atoms with Crippen molar-refractivity contribution >= 4 is 0 Å². The molecule has 0 aromatic carbocycles. The summed E-state index contributed by atoms with van der Waals surface area (Å²) in [7, 11) is 0. The lowest BCUT2D eigenvalue weighted by molar-refractivity contribution is 0.135. The summed E-state index contributed by atoms with van der Waals surface area (Å²) < 4.78 is 0. The van der Waals surface area contributed by atoms with Gasteiger partial charge in [-0.2, -0.15) is 0 Å². The minimum absolute atomic E-state index is 0.642. The van der Waals surface area contributed by atoms with Gasteiger partial charge < -0.3 is 9.80 Å². The highest BCUT2D eigenvalue weighted by atomic mass is 15.4. The second-order valence-electron chi connectivity index (χ2n) is 11.5. The van der Waals surface area contributed by atoms with Gasteiger partial charge in [-0.05, 0) is 25.7 Å². The van der Waals surface area contributed by atoms with Crippen LogP contribution in [0.4, 0.5) is 0 Å². The van der Waals surface area contributed by atoms with Gasteiger partial charge in [0.25, 0.3) is 0 Å². The fourth-order valence-electron chi connectivity index (χ4n) is 5.66. The molecular formula is C33H66N2. The average Bonchev–Trinajstić information content (AvgIpc) is 3.25. The Morgan fingerprint density at radius 3 is 1.00 bits per heavy atom. The summed E-state index contributed by atoms with van der Waals surface area (Å²) in [6.45, 7) is 9.47. The van der Waals surface area contributed by atoms with Crippen molar-refractivity contribution in [1.29, 1.82) is 0 Å². The van der Waals surface area contributed by atoms with Crippen molar-refractivity contribution in [1.82, 2.24) is 9.80 Å². The molecule has 0 spiro atoms. The molecule has 208 valence electrons.